The summed E-state index contributed by atoms with van der Waals surface area (Å²) in [6.45, 7) is 3.36. The number of piperidine rings is 1. The zero-order valence-corrected chi connectivity index (χ0v) is 16.1. The maximum atomic E-state index is 12.2. The highest BCUT2D eigenvalue weighted by molar-refractivity contribution is 5.95. The second kappa shape index (κ2) is 9.90. The van der Waals surface area contributed by atoms with E-state index in [9.17, 15) is 9.59 Å². The zero-order valence-electron chi connectivity index (χ0n) is 16.1. The molecule has 0 radical (unpaired) electrons. The van der Waals surface area contributed by atoms with Crippen molar-refractivity contribution in [1.29, 1.82) is 0 Å². The summed E-state index contributed by atoms with van der Waals surface area (Å²) in [6, 6.07) is 18.4. The van der Waals surface area contributed by atoms with E-state index >= 15 is 0 Å². The van der Waals surface area contributed by atoms with E-state index in [1.807, 2.05) is 24.3 Å². The Morgan fingerprint density at radius 3 is 2.50 bits per heavy atom. The number of hydrogen-bond acceptors (Lipinski definition) is 4. The number of nitrogens with zero attached hydrogens (tertiary/aromatic N) is 1. The number of nitrogens with two attached hydrogens (primary N) is 1. The summed E-state index contributed by atoms with van der Waals surface area (Å²) in [5, 5.41) is 6.27. The number of hydrogen-bond donors (Lipinski definition) is 3. The monoisotopic (exact) mass is 380 g/mol. The lowest BCUT2D eigenvalue weighted by atomic mass is 10.0. The predicted molar refractivity (Wildman–Crippen MR) is 111 cm³/mol. The predicted octanol–water partition coefficient (Wildman–Crippen LogP) is 2.37. The van der Waals surface area contributed by atoms with Gasteiger partial charge in [-0.05, 0) is 36.6 Å². The highest BCUT2D eigenvalue weighted by Gasteiger charge is 2.19. The summed E-state index contributed by atoms with van der Waals surface area (Å²) in [7, 11) is 0. The minimum absolute atomic E-state index is 0.144. The number of anilines is 1. The summed E-state index contributed by atoms with van der Waals surface area (Å²) in [6.07, 6.45) is 2.29. The molecule has 1 heterocycles. The Morgan fingerprint density at radius 2 is 1.79 bits per heavy atom. The largest absolute Gasteiger partial charge is 0.382 e. The molecule has 0 atom stereocenters. The van der Waals surface area contributed by atoms with Gasteiger partial charge in [0.2, 0.25) is 5.91 Å². The minimum atomic E-state index is -0.422. The molecule has 28 heavy (non-hydrogen) atoms. The Morgan fingerprint density at radius 1 is 1.04 bits per heavy atom. The molecule has 1 saturated heterocycles. The van der Waals surface area contributed by atoms with Gasteiger partial charge in [-0.15, -0.1) is 0 Å². The average molecular weight is 380 g/mol. The van der Waals surface area contributed by atoms with Crippen LogP contribution in [0.3, 0.4) is 0 Å². The number of carbonyl (C=O) groups is 2. The number of carbonyl (C=O) groups excluding carboxylic acids is 2. The molecular weight excluding hydrogens is 352 g/mol. The van der Waals surface area contributed by atoms with Crippen LogP contribution >= 0.6 is 0 Å². The molecule has 3 rings (SSSR count). The van der Waals surface area contributed by atoms with E-state index in [4.69, 9.17) is 5.73 Å². The van der Waals surface area contributed by atoms with Crippen LogP contribution in [0.2, 0.25) is 0 Å². The second-order valence-electron chi connectivity index (χ2n) is 7.23. The van der Waals surface area contributed by atoms with Crippen LogP contribution < -0.4 is 16.4 Å². The summed E-state index contributed by atoms with van der Waals surface area (Å²) in [5.41, 5.74) is 7.97. The van der Waals surface area contributed by atoms with Crippen molar-refractivity contribution >= 4 is 17.5 Å². The molecule has 2 amide bonds. The maximum Gasteiger partial charge on any atom is 0.251 e. The van der Waals surface area contributed by atoms with E-state index < -0.39 is 5.91 Å². The fourth-order valence-corrected chi connectivity index (χ4v) is 3.46. The average Bonchev–Trinajstić information content (AvgIpc) is 2.70. The maximum absolute atomic E-state index is 12.2. The van der Waals surface area contributed by atoms with Gasteiger partial charge in [-0.3, -0.25) is 14.5 Å². The molecule has 0 aliphatic carbocycles. The van der Waals surface area contributed by atoms with E-state index in [1.165, 1.54) is 5.56 Å². The quantitative estimate of drug-likeness (QED) is 0.656. The fraction of sp³-hybridized carbons (Fsp3) is 0.364. The van der Waals surface area contributed by atoms with Gasteiger partial charge in [0.05, 0.1) is 0 Å². The van der Waals surface area contributed by atoms with Crippen molar-refractivity contribution in [3.63, 3.8) is 0 Å². The molecule has 0 unspecified atom stereocenters. The van der Waals surface area contributed by atoms with E-state index in [2.05, 4.69) is 39.8 Å². The number of rotatable bonds is 8. The number of amides is 2. The van der Waals surface area contributed by atoms with Gasteiger partial charge in [-0.25, -0.2) is 0 Å². The summed E-state index contributed by atoms with van der Waals surface area (Å²) < 4.78 is 0. The number of likely N-dealkylation sites (tertiary alicyclic amines) is 1. The highest BCUT2D eigenvalue weighted by Crippen LogP contribution is 2.19. The second-order valence-corrected chi connectivity index (χ2v) is 7.23. The van der Waals surface area contributed by atoms with Crippen LogP contribution in [0.4, 0.5) is 5.69 Å². The molecule has 2 aromatic rings. The van der Waals surface area contributed by atoms with Crippen molar-refractivity contribution in [2.24, 2.45) is 5.73 Å². The Kier molecular flexibility index (Phi) is 7.03. The van der Waals surface area contributed by atoms with Crippen LogP contribution in [0, 0.1) is 0 Å². The summed E-state index contributed by atoms with van der Waals surface area (Å²) in [4.78, 5) is 25.4. The van der Waals surface area contributed by atoms with Crippen LogP contribution in [-0.4, -0.2) is 42.4 Å². The van der Waals surface area contributed by atoms with Crippen molar-refractivity contribution in [2.75, 3.05) is 25.0 Å². The van der Waals surface area contributed by atoms with Crippen molar-refractivity contribution in [3.05, 3.63) is 65.7 Å². The smallest absolute Gasteiger partial charge is 0.251 e. The fourth-order valence-electron chi connectivity index (χ4n) is 3.46. The number of nitrogens with one attached hydrogen (secondary N) is 2. The minimum Gasteiger partial charge on any atom is -0.382 e. The van der Waals surface area contributed by atoms with Gasteiger partial charge in [-0.1, -0.05) is 36.4 Å². The third-order valence-electron chi connectivity index (χ3n) is 4.99. The first-order chi connectivity index (χ1) is 13.6. The lowest BCUT2D eigenvalue weighted by Crippen LogP contribution is -2.38. The highest BCUT2D eigenvalue weighted by atomic mass is 16.2. The number of benzene rings is 2. The van der Waals surface area contributed by atoms with Gasteiger partial charge in [0.1, 0.15) is 0 Å². The molecule has 0 saturated carbocycles. The van der Waals surface area contributed by atoms with Crippen molar-refractivity contribution in [3.8, 4) is 0 Å². The Bertz CT molecular complexity index is 786. The van der Waals surface area contributed by atoms with Crippen molar-refractivity contribution < 1.29 is 9.59 Å². The van der Waals surface area contributed by atoms with E-state index in [1.54, 1.807) is 6.07 Å². The van der Waals surface area contributed by atoms with Crippen LogP contribution in [0.25, 0.3) is 0 Å². The van der Waals surface area contributed by atoms with Crippen LogP contribution in [-0.2, 0) is 11.3 Å². The molecule has 1 aliphatic rings. The third kappa shape index (κ3) is 6.09. The molecule has 6 heteroatoms. The first kappa shape index (κ1) is 19.9. The molecule has 0 spiro atoms. The SMILES string of the molecule is NC(=O)CCNC(=O)c1cccc(NC2CCN(Cc3ccccc3)CC2)c1. The molecule has 2 aromatic carbocycles. The van der Waals surface area contributed by atoms with Crippen LogP contribution in [0.15, 0.2) is 54.6 Å². The molecule has 0 aromatic heterocycles. The van der Waals surface area contributed by atoms with Gasteiger partial charge >= 0.3 is 0 Å². The Hall–Kier alpha value is -2.86. The third-order valence-corrected chi connectivity index (χ3v) is 4.99. The first-order valence-corrected chi connectivity index (χ1v) is 9.79. The molecule has 1 aliphatic heterocycles. The standard InChI is InChI=1S/C22H28N4O2/c23-21(27)9-12-24-22(28)18-7-4-8-20(15-18)25-19-10-13-26(14-11-19)16-17-5-2-1-3-6-17/h1-8,15,19,25H,9-14,16H2,(H2,23,27)(H,24,28). The Labute approximate surface area is 166 Å². The normalized spacial score (nSPS) is 15.1. The number of primary amides is 1. The van der Waals surface area contributed by atoms with Crippen LogP contribution in [0.5, 0.6) is 0 Å². The molecular formula is C22H28N4O2. The summed E-state index contributed by atoms with van der Waals surface area (Å²) >= 11 is 0. The van der Waals surface area contributed by atoms with Crippen molar-refractivity contribution in [1.82, 2.24) is 10.2 Å². The lowest BCUT2D eigenvalue weighted by molar-refractivity contribution is -0.117. The van der Waals surface area contributed by atoms with Gasteiger partial charge in [0.15, 0.2) is 0 Å². The van der Waals surface area contributed by atoms with Gasteiger partial charge in [-0.2, -0.15) is 0 Å². The van der Waals surface area contributed by atoms with E-state index in [0.717, 1.165) is 38.2 Å². The lowest BCUT2D eigenvalue weighted by Gasteiger charge is -2.33. The molecule has 1 fully saturated rings. The first-order valence-electron chi connectivity index (χ1n) is 9.79. The molecule has 6 nitrogen and oxygen atoms in total. The van der Waals surface area contributed by atoms with E-state index in [0.29, 0.717) is 11.6 Å². The summed E-state index contributed by atoms with van der Waals surface area (Å²) in [5.74, 6) is -0.614. The topological polar surface area (TPSA) is 87.5 Å². The molecule has 4 N–H and O–H groups in total. The Balaban J connectivity index is 1.47. The van der Waals surface area contributed by atoms with Gasteiger partial charge < -0.3 is 16.4 Å². The van der Waals surface area contributed by atoms with Crippen molar-refractivity contribution in [2.45, 2.75) is 31.8 Å². The molecule has 148 valence electrons. The molecule has 0 bridgehead atoms. The van der Waals surface area contributed by atoms with Gasteiger partial charge in [0, 0.05) is 49.9 Å². The zero-order chi connectivity index (χ0) is 19.8. The van der Waals surface area contributed by atoms with E-state index in [-0.39, 0.29) is 18.9 Å². The van der Waals surface area contributed by atoms with Crippen LogP contribution in [0.1, 0.15) is 35.2 Å². The van der Waals surface area contributed by atoms with Gasteiger partial charge in [0.25, 0.3) is 5.91 Å².